The monoisotopic (exact) mass is 224 g/mol. The number of hydrogen-bond donors (Lipinski definition) is 0. The number of carbonyl (C=O) groups excluding carboxylic acids is 1. The van der Waals surface area contributed by atoms with Crippen LogP contribution in [0.5, 0.6) is 0 Å². The molecule has 0 aromatic heterocycles. The van der Waals surface area contributed by atoms with Gasteiger partial charge < -0.3 is 4.74 Å². The van der Waals surface area contributed by atoms with Gasteiger partial charge in [0.1, 0.15) is 0 Å². The molecule has 0 saturated heterocycles. The minimum absolute atomic E-state index is 0.0721. The molecule has 3 heteroatoms. The maximum absolute atomic E-state index is 11.7. The van der Waals surface area contributed by atoms with Crippen molar-refractivity contribution in [3.63, 3.8) is 0 Å². The van der Waals surface area contributed by atoms with Crippen molar-refractivity contribution in [1.29, 1.82) is 0 Å². The van der Waals surface area contributed by atoms with Crippen LogP contribution >= 0.6 is 11.8 Å². The Kier molecular flexibility index (Phi) is 4.69. The SMILES string of the molecule is CCSc1ccccc1C(=O)OC(C)C. The normalized spacial score (nSPS) is 10.4. The standard InChI is InChI=1S/C12H16O2S/c1-4-15-11-8-6-5-7-10(11)12(13)14-9(2)3/h5-9H,4H2,1-3H3. The van der Waals surface area contributed by atoms with E-state index in [4.69, 9.17) is 4.74 Å². The fraction of sp³-hybridized carbons (Fsp3) is 0.417. The smallest absolute Gasteiger partial charge is 0.339 e. The van der Waals surface area contributed by atoms with Crippen molar-refractivity contribution in [2.45, 2.75) is 31.8 Å². The molecule has 0 saturated carbocycles. The van der Waals surface area contributed by atoms with Gasteiger partial charge in [-0.15, -0.1) is 11.8 Å². The summed E-state index contributed by atoms with van der Waals surface area (Å²) in [6.45, 7) is 5.77. The molecule has 0 atom stereocenters. The number of hydrogen-bond acceptors (Lipinski definition) is 3. The van der Waals surface area contributed by atoms with Crippen molar-refractivity contribution >= 4 is 17.7 Å². The third-order valence-corrected chi connectivity index (χ3v) is 2.71. The zero-order valence-electron chi connectivity index (χ0n) is 9.32. The molecule has 0 heterocycles. The van der Waals surface area contributed by atoms with Crippen LogP contribution in [0.15, 0.2) is 29.2 Å². The molecule has 0 bridgehead atoms. The van der Waals surface area contributed by atoms with Crippen LogP contribution < -0.4 is 0 Å². The lowest BCUT2D eigenvalue weighted by Gasteiger charge is -2.10. The fourth-order valence-corrected chi connectivity index (χ4v) is 1.99. The summed E-state index contributed by atoms with van der Waals surface area (Å²) in [7, 11) is 0. The predicted octanol–water partition coefficient (Wildman–Crippen LogP) is 3.36. The number of benzene rings is 1. The molecule has 0 N–H and O–H groups in total. The topological polar surface area (TPSA) is 26.3 Å². The van der Waals surface area contributed by atoms with E-state index < -0.39 is 0 Å². The first-order valence-electron chi connectivity index (χ1n) is 5.08. The van der Waals surface area contributed by atoms with Crippen molar-refractivity contribution in [3.05, 3.63) is 29.8 Å². The number of esters is 1. The molecule has 1 aromatic carbocycles. The largest absolute Gasteiger partial charge is 0.459 e. The number of ether oxygens (including phenoxy) is 1. The van der Waals surface area contributed by atoms with Crippen molar-refractivity contribution in [1.82, 2.24) is 0 Å². The van der Waals surface area contributed by atoms with E-state index in [1.165, 1.54) is 0 Å². The van der Waals surface area contributed by atoms with E-state index in [0.29, 0.717) is 5.56 Å². The number of rotatable bonds is 4. The lowest BCUT2D eigenvalue weighted by molar-refractivity contribution is 0.0374. The zero-order chi connectivity index (χ0) is 11.3. The van der Waals surface area contributed by atoms with E-state index in [-0.39, 0.29) is 12.1 Å². The molecule has 1 rings (SSSR count). The summed E-state index contributed by atoms with van der Waals surface area (Å²) in [6.07, 6.45) is -0.0721. The van der Waals surface area contributed by atoms with Gasteiger partial charge in [-0.2, -0.15) is 0 Å². The second-order valence-corrected chi connectivity index (χ2v) is 4.69. The summed E-state index contributed by atoms with van der Waals surface area (Å²) in [6, 6.07) is 7.55. The van der Waals surface area contributed by atoms with Crippen LogP contribution in [-0.2, 0) is 4.74 Å². The van der Waals surface area contributed by atoms with Crippen LogP contribution in [0.25, 0.3) is 0 Å². The van der Waals surface area contributed by atoms with E-state index in [9.17, 15) is 4.79 Å². The molecule has 2 nitrogen and oxygen atoms in total. The first-order valence-corrected chi connectivity index (χ1v) is 6.06. The van der Waals surface area contributed by atoms with E-state index in [1.807, 2.05) is 38.1 Å². The van der Waals surface area contributed by atoms with Gasteiger partial charge in [0.05, 0.1) is 11.7 Å². The Morgan fingerprint density at radius 3 is 2.67 bits per heavy atom. The summed E-state index contributed by atoms with van der Waals surface area (Å²) in [5, 5.41) is 0. The van der Waals surface area contributed by atoms with Crippen LogP contribution in [0.3, 0.4) is 0 Å². The fourth-order valence-electron chi connectivity index (χ4n) is 1.19. The Balaban J connectivity index is 2.87. The van der Waals surface area contributed by atoms with Gasteiger partial charge in [-0.3, -0.25) is 0 Å². The Labute approximate surface area is 95.0 Å². The highest BCUT2D eigenvalue weighted by atomic mass is 32.2. The van der Waals surface area contributed by atoms with E-state index in [1.54, 1.807) is 11.8 Å². The van der Waals surface area contributed by atoms with Gasteiger partial charge in [0.15, 0.2) is 0 Å². The van der Waals surface area contributed by atoms with Crippen LogP contribution in [0.2, 0.25) is 0 Å². The molecule has 0 aliphatic heterocycles. The predicted molar refractivity (Wildman–Crippen MR) is 63.4 cm³/mol. The molecule has 0 amide bonds. The van der Waals surface area contributed by atoms with Crippen molar-refractivity contribution in [3.8, 4) is 0 Å². The third kappa shape index (κ3) is 3.59. The van der Waals surface area contributed by atoms with Gasteiger partial charge in [0, 0.05) is 4.90 Å². The Hall–Kier alpha value is -0.960. The summed E-state index contributed by atoms with van der Waals surface area (Å²) >= 11 is 1.66. The molecule has 0 spiro atoms. The average molecular weight is 224 g/mol. The minimum Gasteiger partial charge on any atom is -0.459 e. The summed E-state index contributed by atoms with van der Waals surface area (Å²) in [4.78, 5) is 12.7. The third-order valence-electron chi connectivity index (χ3n) is 1.75. The van der Waals surface area contributed by atoms with Gasteiger partial charge in [-0.05, 0) is 31.7 Å². The molecule has 0 unspecified atom stereocenters. The quantitative estimate of drug-likeness (QED) is 0.579. The van der Waals surface area contributed by atoms with Gasteiger partial charge in [-0.25, -0.2) is 4.79 Å². The minimum atomic E-state index is -0.235. The van der Waals surface area contributed by atoms with Crippen molar-refractivity contribution in [2.75, 3.05) is 5.75 Å². The molecule has 0 radical (unpaired) electrons. The highest BCUT2D eigenvalue weighted by molar-refractivity contribution is 7.99. The molecule has 15 heavy (non-hydrogen) atoms. The maximum Gasteiger partial charge on any atom is 0.339 e. The molecule has 0 aliphatic rings. The molecule has 0 aliphatic carbocycles. The van der Waals surface area contributed by atoms with Crippen molar-refractivity contribution in [2.24, 2.45) is 0 Å². The van der Waals surface area contributed by atoms with E-state index >= 15 is 0 Å². The van der Waals surface area contributed by atoms with Crippen LogP contribution in [0.4, 0.5) is 0 Å². The van der Waals surface area contributed by atoms with Crippen LogP contribution in [-0.4, -0.2) is 17.8 Å². The molecule has 1 aromatic rings. The maximum atomic E-state index is 11.7. The first kappa shape index (κ1) is 12.1. The van der Waals surface area contributed by atoms with Gasteiger partial charge in [0.2, 0.25) is 0 Å². The van der Waals surface area contributed by atoms with Crippen LogP contribution in [0.1, 0.15) is 31.1 Å². The van der Waals surface area contributed by atoms with E-state index in [0.717, 1.165) is 10.6 Å². The molecular weight excluding hydrogens is 208 g/mol. The second kappa shape index (κ2) is 5.81. The van der Waals surface area contributed by atoms with Gasteiger partial charge in [-0.1, -0.05) is 19.1 Å². The Bertz CT molecular complexity index is 334. The number of thioether (sulfide) groups is 1. The first-order chi connectivity index (χ1) is 7.15. The summed E-state index contributed by atoms with van der Waals surface area (Å²) in [5.41, 5.74) is 0.665. The van der Waals surface area contributed by atoms with Gasteiger partial charge >= 0.3 is 5.97 Å². The van der Waals surface area contributed by atoms with Gasteiger partial charge in [0.25, 0.3) is 0 Å². The molecule has 82 valence electrons. The molecule has 0 fully saturated rings. The highest BCUT2D eigenvalue weighted by Crippen LogP contribution is 2.23. The Morgan fingerprint density at radius 1 is 1.40 bits per heavy atom. The molecular formula is C12H16O2S. The highest BCUT2D eigenvalue weighted by Gasteiger charge is 2.13. The van der Waals surface area contributed by atoms with E-state index in [2.05, 4.69) is 6.92 Å². The van der Waals surface area contributed by atoms with Crippen molar-refractivity contribution < 1.29 is 9.53 Å². The Morgan fingerprint density at radius 2 is 2.07 bits per heavy atom. The lowest BCUT2D eigenvalue weighted by Crippen LogP contribution is -2.12. The average Bonchev–Trinajstić information content (AvgIpc) is 2.18. The second-order valence-electron chi connectivity index (χ2n) is 3.38. The summed E-state index contributed by atoms with van der Waals surface area (Å²) in [5.74, 6) is 0.716. The lowest BCUT2D eigenvalue weighted by atomic mass is 10.2. The zero-order valence-corrected chi connectivity index (χ0v) is 10.1. The number of carbonyl (C=O) groups is 1. The van der Waals surface area contributed by atoms with Crippen LogP contribution in [0, 0.1) is 0 Å². The summed E-state index contributed by atoms with van der Waals surface area (Å²) < 4.78 is 5.17.